The van der Waals surface area contributed by atoms with E-state index in [1.807, 2.05) is 0 Å². The van der Waals surface area contributed by atoms with Crippen LogP contribution in [-0.2, 0) is 9.59 Å². The van der Waals surface area contributed by atoms with Gasteiger partial charge in [-0.05, 0) is 25.1 Å². The molecule has 1 aromatic carbocycles. The summed E-state index contributed by atoms with van der Waals surface area (Å²) in [5.74, 6) is -1.36. The number of carbonyl (C=O) groups is 2. The summed E-state index contributed by atoms with van der Waals surface area (Å²) in [6.45, 7) is 1.36. The summed E-state index contributed by atoms with van der Waals surface area (Å²) in [7, 11) is 0. The van der Waals surface area contributed by atoms with Gasteiger partial charge in [0.05, 0.1) is 17.3 Å². The van der Waals surface area contributed by atoms with Crippen LogP contribution in [0.2, 0.25) is 5.02 Å². The van der Waals surface area contributed by atoms with E-state index in [4.69, 9.17) is 16.7 Å². The molecule has 0 aliphatic carbocycles. The van der Waals surface area contributed by atoms with Crippen LogP contribution < -0.4 is 10.6 Å². The molecule has 0 spiro atoms. The van der Waals surface area contributed by atoms with E-state index in [-0.39, 0.29) is 12.5 Å². The zero-order valence-electron chi connectivity index (χ0n) is 9.54. The molecule has 0 heterocycles. The topological polar surface area (TPSA) is 78.4 Å². The Morgan fingerprint density at radius 2 is 2.17 bits per heavy atom. The fourth-order valence-corrected chi connectivity index (χ4v) is 1.84. The summed E-state index contributed by atoms with van der Waals surface area (Å²) in [4.78, 5) is 22.1. The molecular weight excluding hydrogens is 323 g/mol. The van der Waals surface area contributed by atoms with E-state index in [0.29, 0.717) is 10.7 Å². The Kier molecular flexibility index (Phi) is 5.58. The normalized spacial score (nSPS) is 11.9. The van der Waals surface area contributed by atoms with Gasteiger partial charge in [-0.3, -0.25) is 14.9 Å². The Morgan fingerprint density at radius 1 is 1.50 bits per heavy atom. The monoisotopic (exact) mass is 334 g/mol. The average molecular weight is 336 g/mol. The van der Waals surface area contributed by atoms with Crippen LogP contribution >= 0.6 is 27.5 Å². The third kappa shape index (κ3) is 4.64. The molecule has 1 atom stereocenters. The van der Waals surface area contributed by atoms with Crippen molar-refractivity contribution in [2.45, 2.75) is 13.0 Å². The molecule has 0 aliphatic heterocycles. The van der Waals surface area contributed by atoms with Gasteiger partial charge in [0.1, 0.15) is 6.04 Å². The third-order valence-corrected chi connectivity index (χ3v) is 2.95. The second-order valence-corrected chi connectivity index (χ2v) is 4.94. The number of carboxylic acids is 1. The van der Waals surface area contributed by atoms with Gasteiger partial charge in [0.25, 0.3) is 0 Å². The maximum atomic E-state index is 11.5. The molecule has 0 saturated carbocycles. The van der Waals surface area contributed by atoms with Crippen LogP contribution in [0.3, 0.4) is 0 Å². The van der Waals surface area contributed by atoms with Crippen molar-refractivity contribution in [1.29, 1.82) is 0 Å². The van der Waals surface area contributed by atoms with E-state index in [2.05, 4.69) is 26.6 Å². The fourth-order valence-electron chi connectivity index (χ4n) is 1.12. The van der Waals surface area contributed by atoms with Crippen molar-refractivity contribution in [3.8, 4) is 0 Å². The van der Waals surface area contributed by atoms with Gasteiger partial charge < -0.3 is 10.4 Å². The number of anilines is 1. The summed E-state index contributed by atoms with van der Waals surface area (Å²) in [5, 5.41) is 14.2. The minimum atomic E-state index is -1.01. The van der Waals surface area contributed by atoms with Gasteiger partial charge in [0, 0.05) is 4.47 Å². The lowest BCUT2D eigenvalue weighted by atomic mass is 10.3. The highest BCUT2D eigenvalue weighted by Gasteiger charge is 2.12. The molecule has 1 amide bonds. The predicted octanol–water partition coefficient (Wildman–Crippen LogP) is 2.10. The Labute approximate surface area is 118 Å². The number of hydrogen-bond donors (Lipinski definition) is 3. The molecule has 3 N–H and O–H groups in total. The molecule has 0 radical (unpaired) electrons. The van der Waals surface area contributed by atoms with Crippen LogP contribution in [0.4, 0.5) is 5.69 Å². The first-order chi connectivity index (χ1) is 8.40. The molecule has 98 valence electrons. The summed E-state index contributed by atoms with van der Waals surface area (Å²) in [6.07, 6.45) is 0. The number of rotatable bonds is 5. The fraction of sp³-hybridized carbons (Fsp3) is 0.273. The molecule has 0 aliphatic rings. The lowest BCUT2D eigenvalue weighted by Gasteiger charge is -2.10. The molecule has 0 unspecified atom stereocenters. The van der Waals surface area contributed by atoms with E-state index in [1.165, 1.54) is 6.92 Å². The number of carboxylic acid groups (broad SMARTS) is 1. The van der Waals surface area contributed by atoms with Crippen molar-refractivity contribution < 1.29 is 14.7 Å². The van der Waals surface area contributed by atoms with E-state index in [0.717, 1.165) is 4.47 Å². The molecule has 1 rings (SSSR count). The molecule has 0 bridgehead atoms. The molecule has 0 saturated heterocycles. The number of nitrogens with one attached hydrogen (secondary N) is 2. The first-order valence-corrected chi connectivity index (χ1v) is 6.28. The number of amides is 1. The van der Waals surface area contributed by atoms with E-state index >= 15 is 0 Å². The van der Waals surface area contributed by atoms with E-state index < -0.39 is 12.0 Å². The van der Waals surface area contributed by atoms with Crippen molar-refractivity contribution in [1.82, 2.24) is 5.32 Å². The second-order valence-electron chi connectivity index (χ2n) is 3.61. The Bertz CT molecular complexity index is 468. The first-order valence-electron chi connectivity index (χ1n) is 5.11. The Hall–Kier alpha value is -1.11. The van der Waals surface area contributed by atoms with E-state index in [9.17, 15) is 9.59 Å². The lowest BCUT2D eigenvalue weighted by molar-refractivity contribution is -0.139. The number of aliphatic carboxylic acids is 1. The molecule has 1 aromatic rings. The van der Waals surface area contributed by atoms with Crippen LogP contribution in [0.5, 0.6) is 0 Å². The molecule has 0 fully saturated rings. The van der Waals surface area contributed by atoms with Crippen molar-refractivity contribution in [3.05, 3.63) is 27.7 Å². The summed E-state index contributed by atoms with van der Waals surface area (Å²) >= 11 is 9.18. The van der Waals surface area contributed by atoms with E-state index in [1.54, 1.807) is 18.2 Å². The van der Waals surface area contributed by atoms with Crippen molar-refractivity contribution in [2.24, 2.45) is 0 Å². The molecule has 5 nitrogen and oxygen atoms in total. The molecule has 7 heteroatoms. The molecule has 18 heavy (non-hydrogen) atoms. The van der Waals surface area contributed by atoms with Crippen molar-refractivity contribution >= 4 is 45.1 Å². The standard InChI is InChI=1S/C11H12BrClN2O3/c1-6(11(17)18)14-5-10(16)15-9-3-2-7(12)4-8(9)13/h2-4,6,14H,5H2,1H3,(H,15,16)(H,17,18)/t6-/m1/s1. The minimum Gasteiger partial charge on any atom is -0.480 e. The first kappa shape index (κ1) is 14.9. The summed E-state index contributed by atoms with van der Waals surface area (Å²) in [6, 6.07) is 4.28. The quantitative estimate of drug-likeness (QED) is 0.770. The van der Waals surface area contributed by atoms with Crippen molar-refractivity contribution in [2.75, 3.05) is 11.9 Å². The number of halogens is 2. The smallest absolute Gasteiger partial charge is 0.320 e. The zero-order chi connectivity index (χ0) is 13.7. The highest BCUT2D eigenvalue weighted by atomic mass is 79.9. The van der Waals surface area contributed by atoms with Gasteiger partial charge in [-0.25, -0.2) is 0 Å². The van der Waals surface area contributed by atoms with Gasteiger partial charge in [-0.15, -0.1) is 0 Å². The predicted molar refractivity (Wildman–Crippen MR) is 72.9 cm³/mol. The lowest BCUT2D eigenvalue weighted by Crippen LogP contribution is -2.39. The average Bonchev–Trinajstić information content (AvgIpc) is 2.29. The second kappa shape index (κ2) is 6.72. The largest absolute Gasteiger partial charge is 0.480 e. The number of carbonyl (C=O) groups excluding carboxylic acids is 1. The summed E-state index contributed by atoms with van der Waals surface area (Å²) < 4.78 is 0.808. The zero-order valence-corrected chi connectivity index (χ0v) is 11.9. The van der Waals surface area contributed by atoms with Gasteiger partial charge in [-0.2, -0.15) is 0 Å². The van der Waals surface area contributed by atoms with Crippen LogP contribution in [-0.4, -0.2) is 29.6 Å². The molecular formula is C11H12BrClN2O3. The van der Waals surface area contributed by atoms with Crippen LogP contribution in [0.15, 0.2) is 22.7 Å². The van der Waals surface area contributed by atoms with Gasteiger partial charge in [0.15, 0.2) is 0 Å². The highest BCUT2D eigenvalue weighted by molar-refractivity contribution is 9.10. The van der Waals surface area contributed by atoms with Gasteiger partial charge >= 0.3 is 5.97 Å². The number of hydrogen-bond acceptors (Lipinski definition) is 3. The van der Waals surface area contributed by atoms with Crippen LogP contribution in [0.1, 0.15) is 6.92 Å². The summed E-state index contributed by atoms with van der Waals surface area (Å²) in [5.41, 5.74) is 0.481. The number of benzene rings is 1. The van der Waals surface area contributed by atoms with Crippen LogP contribution in [0.25, 0.3) is 0 Å². The highest BCUT2D eigenvalue weighted by Crippen LogP contribution is 2.25. The van der Waals surface area contributed by atoms with Gasteiger partial charge in [0.2, 0.25) is 5.91 Å². The Morgan fingerprint density at radius 3 is 2.72 bits per heavy atom. The Balaban J connectivity index is 2.52. The SMILES string of the molecule is C[C@@H](NCC(=O)Nc1ccc(Br)cc1Cl)C(=O)O. The van der Waals surface area contributed by atoms with Gasteiger partial charge in [-0.1, -0.05) is 27.5 Å². The minimum absolute atomic E-state index is 0.0974. The van der Waals surface area contributed by atoms with Crippen LogP contribution in [0, 0.1) is 0 Å². The maximum absolute atomic E-state index is 11.5. The third-order valence-electron chi connectivity index (χ3n) is 2.14. The maximum Gasteiger partial charge on any atom is 0.320 e. The molecule has 0 aromatic heterocycles. The van der Waals surface area contributed by atoms with Crippen molar-refractivity contribution in [3.63, 3.8) is 0 Å².